The molecule has 0 fully saturated rings. The smallest absolute Gasteiger partial charge is 0.107 e. The molecule has 0 aliphatic heterocycles. The van der Waals surface area contributed by atoms with E-state index in [9.17, 15) is 0 Å². The Morgan fingerprint density at radius 2 is 2.23 bits per heavy atom. The summed E-state index contributed by atoms with van der Waals surface area (Å²) in [6.07, 6.45) is 5.22. The summed E-state index contributed by atoms with van der Waals surface area (Å²) in [4.78, 5) is 12.3. The quantitative estimate of drug-likeness (QED) is 0.642. The summed E-state index contributed by atoms with van der Waals surface area (Å²) in [7, 11) is 0. The van der Waals surface area contributed by atoms with E-state index in [-0.39, 0.29) is 6.42 Å². The first kappa shape index (κ1) is 7.62. The van der Waals surface area contributed by atoms with Crippen molar-refractivity contribution < 1.29 is 0 Å². The minimum absolute atomic E-state index is 0.290. The molecule has 0 saturated carbocycles. The van der Waals surface area contributed by atoms with Gasteiger partial charge in [-0.25, -0.2) is 4.98 Å². The van der Waals surface area contributed by atoms with Crippen LogP contribution < -0.4 is 0 Å². The summed E-state index contributed by atoms with van der Waals surface area (Å²) in [5.74, 6) is 0. The lowest BCUT2D eigenvalue weighted by molar-refractivity contribution is 1.10. The molecule has 0 aromatic carbocycles. The number of nitrogens with zero attached hydrogens (tertiary/aromatic N) is 4. The predicted molar refractivity (Wildman–Crippen MR) is 46.7 cm³/mol. The van der Waals surface area contributed by atoms with Crippen LogP contribution in [0.1, 0.15) is 5.69 Å². The summed E-state index contributed by atoms with van der Waals surface area (Å²) in [6.45, 7) is 0. The Morgan fingerprint density at radius 3 is 3.08 bits per heavy atom. The fraction of sp³-hybridized carbons (Fsp3) is 0.111. The molecule has 2 heterocycles. The van der Waals surface area contributed by atoms with Crippen molar-refractivity contribution in [2.75, 3.05) is 0 Å². The van der Waals surface area contributed by atoms with Gasteiger partial charge in [-0.1, -0.05) is 0 Å². The van der Waals surface area contributed by atoms with Crippen LogP contribution in [0.25, 0.3) is 11.0 Å². The van der Waals surface area contributed by atoms with E-state index in [1.54, 1.807) is 24.7 Å². The Morgan fingerprint density at radius 1 is 1.31 bits per heavy atom. The van der Waals surface area contributed by atoms with Gasteiger partial charge < -0.3 is 0 Å². The molecule has 0 atom stereocenters. The van der Waals surface area contributed by atoms with Crippen molar-refractivity contribution in [3.8, 4) is 6.07 Å². The third-order valence-corrected chi connectivity index (χ3v) is 1.65. The number of aromatic nitrogens is 3. The highest BCUT2D eigenvalue weighted by atomic mass is 14.8. The lowest BCUT2D eigenvalue weighted by Crippen LogP contribution is -1.91. The Balaban J connectivity index is 2.57. The molecule has 0 bridgehead atoms. The Kier molecular flexibility index (Phi) is 1.85. The largest absolute Gasteiger partial charge is 0.262 e. The van der Waals surface area contributed by atoms with Gasteiger partial charge in [-0.05, 0) is 6.07 Å². The molecule has 2 aromatic heterocycles. The van der Waals surface area contributed by atoms with Gasteiger partial charge in [-0.2, -0.15) is 5.26 Å². The molecule has 62 valence electrons. The van der Waals surface area contributed by atoms with Crippen LogP contribution in [0.5, 0.6) is 0 Å². The fourth-order valence-corrected chi connectivity index (χ4v) is 1.07. The summed E-state index contributed by atoms with van der Waals surface area (Å²) in [5, 5.41) is 8.46. The van der Waals surface area contributed by atoms with Gasteiger partial charge in [-0.15, -0.1) is 0 Å². The second-order valence-corrected chi connectivity index (χ2v) is 2.56. The molecular weight excluding hydrogens is 164 g/mol. The highest BCUT2D eigenvalue weighted by Gasteiger charge is 1.97. The zero-order valence-electron chi connectivity index (χ0n) is 6.81. The molecule has 0 spiro atoms. The number of fused-ring (bicyclic) bond motifs is 1. The van der Waals surface area contributed by atoms with Crippen LogP contribution in [0, 0.1) is 11.3 Å². The average molecular weight is 170 g/mol. The maximum absolute atomic E-state index is 8.46. The second-order valence-electron chi connectivity index (χ2n) is 2.56. The first-order valence-corrected chi connectivity index (χ1v) is 3.83. The van der Waals surface area contributed by atoms with E-state index in [1.165, 1.54) is 0 Å². The molecule has 4 heteroatoms. The Labute approximate surface area is 74.9 Å². The van der Waals surface area contributed by atoms with E-state index in [0.717, 1.165) is 11.0 Å². The fourth-order valence-electron chi connectivity index (χ4n) is 1.07. The third kappa shape index (κ3) is 1.44. The molecule has 0 amide bonds. The van der Waals surface area contributed by atoms with Gasteiger partial charge in [-0.3, -0.25) is 9.97 Å². The molecule has 0 aliphatic rings. The minimum atomic E-state index is 0.290. The van der Waals surface area contributed by atoms with Crippen molar-refractivity contribution in [2.24, 2.45) is 0 Å². The van der Waals surface area contributed by atoms with Crippen molar-refractivity contribution in [1.82, 2.24) is 15.0 Å². The molecule has 13 heavy (non-hydrogen) atoms. The Bertz CT molecular complexity index is 472. The van der Waals surface area contributed by atoms with Gasteiger partial charge in [0.15, 0.2) is 0 Å². The van der Waals surface area contributed by atoms with Crippen molar-refractivity contribution in [2.45, 2.75) is 6.42 Å². The van der Waals surface area contributed by atoms with Crippen LogP contribution >= 0.6 is 0 Å². The second kappa shape index (κ2) is 3.15. The van der Waals surface area contributed by atoms with Crippen LogP contribution in [-0.2, 0) is 6.42 Å². The molecule has 2 aromatic rings. The highest BCUT2D eigenvalue weighted by molar-refractivity contribution is 5.72. The highest BCUT2D eigenvalue weighted by Crippen LogP contribution is 2.06. The SMILES string of the molecule is N#CCc1cnc2ccncc2n1. The van der Waals surface area contributed by atoms with Gasteiger partial charge >= 0.3 is 0 Å². The summed E-state index contributed by atoms with van der Waals surface area (Å²) >= 11 is 0. The van der Waals surface area contributed by atoms with Crippen LogP contribution in [0.4, 0.5) is 0 Å². The van der Waals surface area contributed by atoms with Gasteiger partial charge in [0.05, 0.1) is 36.1 Å². The van der Waals surface area contributed by atoms with E-state index >= 15 is 0 Å². The number of rotatable bonds is 1. The molecule has 0 saturated heterocycles. The topological polar surface area (TPSA) is 62.5 Å². The number of hydrogen-bond donors (Lipinski definition) is 0. The predicted octanol–water partition coefficient (Wildman–Crippen LogP) is 1.09. The van der Waals surface area contributed by atoms with E-state index < -0.39 is 0 Å². The van der Waals surface area contributed by atoms with E-state index in [0.29, 0.717) is 5.69 Å². The van der Waals surface area contributed by atoms with Crippen LogP contribution in [-0.4, -0.2) is 15.0 Å². The van der Waals surface area contributed by atoms with Crippen LogP contribution in [0.3, 0.4) is 0 Å². The molecular formula is C9H6N4. The van der Waals surface area contributed by atoms with Crippen molar-refractivity contribution in [3.63, 3.8) is 0 Å². The average Bonchev–Trinajstić information content (AvgIpc) is 2.18. The first-order chi connectivity index (χ1) is 6.40. The number of pyridine rings is 1. The zero-order valence-corrected chi connectivity index (χ0v) is 6.81. The van der Waals surface area contributed by atoms with Gasteiger partial charge in [0.2, 0.25) is 0 Å². The van der Waals surface area contributed by atoms with Crippen LogP contribution in [0.2, 0.25) is 0 Å². The summed E-state index contributed by atoms with van der Waals surface area (Å²) < 4.78 is 0. The monoisotopic (exact) mass is 170 g/mol. The molecule has 0 N–H and O–H groups in total. The molecule has 4 nitrogen and oxygen atoms in total. The molecule has 0 radical (unpaired) electrons. The van der Waals surface area contributed by atoms with Crippen molar-refractivity contribution >= 4 is 11.0 Å². The van der Waals surface area contributed by atoms with E-state index in [1.807, 2.05) is 6.07 Å². The Hall–Kier alpha value is -2.02. The molecule has 0 aliphatic carbocycles. The maximum Gasteiger partial charge on any atom is 0.107 e. The van der Waals surface area contributed by atoms with Crippen molar-refractivity contribution in [3.05, 3.63) is 30.4 Å². The lowest BCUT2D eigenvalue weighted by Gasteiger charge is -1.96. The van der Waals surface area contributed by atoms with Crippen molar-refractivity contribution in [1.29, 1.82) is 5.26 Å². The van der Waals surface area contributed by atoms with E-state index in [4.69, 9.17) is 5.26 Å². The normalized spacial score (nSPS) is 9.77. The number of nitriles is 1. The van der Waals surface area contributed by atoms with Gasteiger partial charge in [0, 0.05) is 6.20 Å². The zero-order chi connectivity index (χ0) is 9.10. The first-order valence-electron chi connectivity index (χ1n) is 3.83. The van der Waals surface area contributed by atoms with Crippen LogP contribution in [0.15, 0.2) is 24.7 Å². The summed E-state index contributed by atoms with van der Waals surface area (Å²) in [6, 6.07) is 3.82. The summed E-state index contributed by atoms with van der Waals surface area (Å²) in [5.41, 5.74) is 2.22. The van der Waals surface area contributed by atoms with Gasteiger partial charge in [0.25, 0.3) is 0 Å². The standard InChI is InChI=1S/C9H6N4/c10-3-1-7-5-12-8-2-4-11-6-9(8)13-7/h2,4-6H,1H2. The molecule has 0 unspecified atom stereocenters. The van der Waals surface area contributed by atoms with Gasteiger partial charge in [0.1, 0.15) is 5.52 Å². The number of hydrogen-bond acceptors (Lipinski definition) is 4. The maximum atomic E-state index is 8.46. The molecule has 2 rings (SSSR count). The third-order valence-electron chi connectivity index (χ3n) is 1.65. The minimum Gasteiger partial charge on any atom is -0.262 e. The lowest BCUT2D eigenvalue weighted by atomic mass is 10.3. The van der Waals surface area contributed by atoms with E-state index in [2.05, 4.69) is 15.0 Å².